The molecule has 1 aliphatic rings. The van der Waals surface area contributed by atoms with E-state index in [2.05, 4.69) is 4.98 Å². The fourth-order valence-electron chi connectivity index (χ4n) is 4.22. The highest BCUT2D eigenvalue weighted by Crippen LogP contribution is 2.34. The molecule has 1 heterocycles. The molecule has 0 saturated heterocycles. The third-order valence-corrected chi connectivity index (χ3v) is 7.89. The predicted octanol–water partition coefficient (Wildman–Crippen LogP) is 5.53. The van der Waals surface area contributed by atoms with Gasteiger partial charge < -0.3 is 4.90 Å². The van der Waals surface area contributed by atoms with Crippen molar-refractivity contribution >= 4 is 38.7 Å². The zero-order valence-corrected chi connectivity index (χ0v) is 22.1. The number of rotatable bonds is 7. The molecule has 37 heavy (non-hydrogen) atoms. The van der Waals surface area contributed by atoms with Crippen molar-refractivity contribution in [3.8, 4) is 0 Å². The highest BCUT2D eigenvalue weighted by molar-refractivity contribution is 7.91. The molecular formula is C28H30FN3O4S. The number of pyridine rings is 1. The van der Waals surface area contributed by atoms with Crippen molar-refractivity contribution in [2.75, 3.05) is 15.6 Å². The van der Waals surface area contributed by atoms with Crippen molar-refractivity contribution < 1.29 is 22.4 Å². The van der Waals surface area contributed by atoms with Gasteiger partial charge in [0.1, 0.15) is 0 Å². The Labute approximate surface area is 216 Å². The second-order valence-corrected chi connectivity index (χ2v) is 12.2. The number of halogens is 1. The summed E-state index contributed by atoms with van der Waals surface area (Å²) in [5, 5.41) is -0.0836. The molecule has 0 N–H and O–H groups in total. The van der Waals surface area contributed by atoms with E-state index in [-0.39, 0.29) is 33.6 Å². The predicted molar refractivity (Wildman–Crippen MR) is 141 cm³/mol. The summed E-state index contributed by atoms with van der Waals surface area (Å²) >= 11 is 0. The van der Waals surface area contributed by atoms with E-state index in [1.54, 1.807) is 24.3 Å². The Morgan fingerprint density at radius 1 is 0.973 bits per heavy atom. The average Bonchev–Trinajstić information content (AvgIpc) is 3.63. The van der Waals surface area contributed by atoms with E-state index in [0.717, 1.165) is 17.7 Å². The third-order valence-electron chi connectivity index (χ3n) is 6.10. The third kappa shape index (κ3) is 5.72. The number of nitrogens with zero attached hydrogens (tertiary/aromatic N) is 3. The summed E-state index contributed by atoms with van der Waals surface area (Å²) in [6, 6.07) is 16.0. The molecule has 1 saturated carbocycles. The lowest BCUT2D eigenvalue weighted by Crippen LogP contribution is -2.46. The maximum atomic E-state index is 15.9. The van der Waals surface area contributed by atoms with E-state index in [1.807, 2.05) is 26.8 Å². The Morgan fingerprint density at radius 2 is 1.65 bits per heavy atom. The number of amides is 2. The minimum atomic E-state index is -3.54. The lowest BCUT2D eigenvalue weighted by molar-refractivity contribution is -0.115. The number of anilines is 3. The summed E-state index contributed by atoms with van der Waals surface area (Å²) in [5.41, 5.74) is -0.181. The van der Waals surface area contributed by atoms with Gasteiger partial charge in [-0.1, -0.05) is 24.3 Å². The van der Waals surface area contributed by atoms with Gasteiger partial charge in [-0.15, -0.1) is 0 Å². The van der Waals surface area contributed by atoms with Crippen molar-refractivity contribution in [2.24, 2.45) is 5.92 Å². The summed E-state index contributed by atoms with van der Waals surface area (Å²) in [7, 11) is -3.54. The molecule has 2 aromatic carbocycles. The van der Waals surface area contributed by atoms with Crippen molar-refractivity contribution in [2.45, 2.75) is 51.1 Å². The van der Waals surface area contributed by atoms with Crippen LogP contribution in [0.5, 0.6) is 0 Å². The molecule has 0 bridgehead atoms. The highest BCUT2D eigenvalue weighted by Gasteiger charge is 2.33. The summed E-state index contributed by atoms with van der Waals surface area (Å²) in [6.45, 7) is 6.82. The monoisotopic (exact) mass is 523 g/mol. The first-order valence-corrected chi connectivity index (χ1v) is 13.7. The number of sulfone groups is 1. The first-order valence-electron chi connectivity index (χ1n) is 12.1. The maximum Gasteiger partial charge on any atom is 0.261 e. The molecule has 9 heteroatoms. The molecule has 0 atom stereocenters. The van der Waals surface area contributed by atoms with E-state index in [1.165, 1.54) is 48.4 Å². The average molecular weight is 524 g/mol. The summed E-state index contributed by atoms with van der Waals surface area (Å²) in [5.74, 6) is -1.73. The fraction of sp³-hybridized carbons (Fsp3) is 0.321. The molecular weight excluding hydrogens is 493 g/mol. The zero-order chi connectivity index (χ0) is 27.0. The lowest BCUT2D eigenvalue weighted by atomic mass is 10.0. The van der Waals surface area contributed by atoms with Crippen LogP contribution in [0.15, 0.2) is 71.9 Å². The maximum absolute atomic E-state index is 15.9. The molecule has 2 amide bonds. The Balaban J connectivity index is 1.72. The molecule has 0 spiro atoms. The van der Waals surface area contributed by atoms with Crippen LogP contribution >= 0.6 is 0 Å². The molecule has 4 rings (SSSR count). The van der Waals surface area contributed by atoms with Gasteiger partial charge in [0, 0.05) is 18.2 Å². The van der Waals surface area contributed by atoms with Crippen LogP contribution in [0.1, 0.15) is 50.9 Å². The standard InChI is InChI=1S/C28H30FN3O4S/c1-19(33)31(22-15-16-25(30-17-22)37(35,36)18-20-13-14-20)24-12-8-11-23(26(24)29)27(34)32(28(2,3)4)21-9-6-5-7-10-21/h5-12,15-17,20H,13-14,18H2,1-4H3. The number of hydrogen-bond donors (Lipinski definition) is 0. The van der Waals surface area contributed by atoms with E-state index in [0.29, 0.717) is 5.69 Å². The van der Waals surface area contributed by atoms with Gasteiger partial charge in [0.05, 0.1) is 28.9 Å². The van der Waals surface area contributed by atoms with Crippen LogP contribution in [0.4, 0.5) is 21.5 Å². The van der Waals surface area contributed by atoms with Crippen molar-refractivity contribution in [3.63, 3.8) is 0 Å². The number of carbonyl (C=O) groups is 2. The number of benzene rings is 2. The van der Waals surface area contributed by atoms with Gasteiger partial charge in [0.25, 0.3) is 5.91 Å². The number of carbonyl (C=O) groups excluding carboxylic acids is 2. The molecule has 1 aliphatic carbocycles. The zero-order valence-electron chi connectivity index (χ0n) is 21.3. The van der Waals surface area contributed by atoms with Crippen LogP contribution in [0, 0.1) is 11.7 Å². The second kappa shape index (κ2) is 10.0. The summed E-state index contributed by atoms with van der Waals surface area (Å²) in [4.78, 5) is 33.0. The molecule has 7 nitrogen and oxygen atoms in total. The fourth-order valence-corrected chi connectivity index (χ4v) is 5.84. The van der Waals surface area contributed by atoms with Crippen LogP contribution in [-0.4, -0.2) is 36.5 Å². The number of para-hydroxylation sites is 1. The van der Waals surface area contributed by atoms with Crippen LogP contribution in [0.25, 0.3) is 0 Å². The van der Waals surface area contributed by atoms with Gasteiger partial charge >= 0.3 is 0 Å². The van der Waals surface area contributed by atoms with Gasteiger partial charge in [-0.25, -0.2) is 17.8 Å². The minimum Gasteiger partial charge on any atom is -0.303 e. The van der Waals surface area contributed by atoms with E-state index < -0.39 is 33.0 Å². The SMILES string of the molecule is CC(=O)N(c1ccc(S(=O)(=O)CC2CC2)nc1)c1cccc(C(=O)N(c2ccccc2)C(C)(C)C)c1F. The highest BCUT2D eigenvalue weighted by atomic mass is 32.2. The van der Waals surface area contributed by atoms with Gasteiger partial charge in [0.2, 0.25) is 5.91 Å². The second-order valence-electron chi connectivity index (χ2n) is 10.2. The van der Waals surface area contributed by atoms with E-state index in [9.17, 15) is 18.0 Å². The molecule has 194 valence electrons. The Kier molecular flexibility index (Phi) is 7.19. The molecule has 0 aliphatic heterocycles. The largest absolute Gasteiger partial charge is 0.303 e. The molecule has 1 aromatic heterocycles. The van der Waals surface area contributed by atoms with Crippen LogP contribution in [0.3, 0.4) is 0 Å². The van der Waals surface area contributed by atoms with Crippen molar-refractivity contribution in [1.82, 2.24) is 4.98 Å². The Hall–Kier alpha value is -3.59. The molecule has 3 aromatic rings. The van der Waals surface area contributed by atoms with Gasteiger partial charge in [-0.2, -0.15) is 0 Å². The topological polar surface area (TPSA) is 87.6 Å². The van der Waals surface area contributed by atoms with Crippen LogP contribution in [0.2, 0.25) is 0 Å². The van der Waals surface area contributed by atoms with Gasteiger partial charge in [0.15, 0.2) is 20.7 Å². The lowest BCUT2D eigenvalue weighted by Gasteiger charge is -2.36. The van der Waals surface area contributed by atoms with Crippen molar-refractivity contribution in [3.05, 3.63) is 78.2 Å². The normalized spacial score (nSPS) is 13.8. The quantitative estimate of drug-likeness (QED) is 0.406. The van der Waals surface area contributed by atoms with Crippen molar-refractivity contribution in [1.29, 1.82) is 0 Å². The first kappa shape index (κ1) is 26.5. The van der Waals surface area contributed by atoms with Crippen LogP contribution in [-0.2, 0) is 14.6 Å². The minimum absolute atomic E-state index is 0.0419. The van der Waals surface area contributed by atoms with Gasteiger partial charge in [-0.05, 0) is 75.9 Å². The first-order chi connectivity index (χ1) is 17.4. The number of aromatic nitrogens is 1. The Bertz CT molecular complexity index is 1410. The van der Waals surface area contributed by atoms with Gasteiger partial charge in [-0.3, -0.25) is 14.5 Å². The Morgan fingerprint density at radius 3 is 2.19 bits per heavy atom. The molecule has 0 unspecified atom stereocenters. The molecule has 1 fully saturated rings. The van der Waals surface area contributed by atoms with Crippen LogP contribution < -0.4 is 9.80 Å². The summed E-state index contributed by atoms with van der Waals surface area (Å²) < 4.78 is 41.1. The molecule has 0 radical (unpaired) electrons. The summed E-state index contributed by atoms with van der Waals surface area (Å²) in [6.07, 6.45) is 3.02. The smallest absolute Gasteiger partial charge is 0.261 e. The number of hydrogen-bond acceptors (Lipinski definition) is 5. The van der Waals surface area contributed by atoms with E-state index in [4.69, 9.17) is 0 Å². The van der Waals surface area contributed by atoms with E-state index >= 15 is 4.39 Å².